The lowest BCUT2D eigenvalue weighted by Gasteiger charge is -2.18. The summed E-state index contributed by atoms with van der Waals surface area (Å²) in [6.45, 7) is 3.93. The van der Waals surface area contributed by atoms with E-state index in [0.29, 0.717) is 5.56 Å². The van der Waals surface area contributed by atoms with Crippen molar-refractivity contribution in [3.05, 3.63) is 70.8 Å². The Kier molecular flexibility index (Phi) is 5.71. The zero-order valence-electron chi connectivity index (χ0n) is 13.7. The number of rotatable bonds is 6. The Balaban J connectivity index is 2.09. The van der Waals surface area contributed by atoms with Crippen LogP contribution in [-0.4, -0.2) is 28.1 Å². The van der Waals surface area contributed by atoms with E-state index in [0.717, 1.165) is 16.7 Å². The van der Waals surface area contributed by atoms with E-state index in [-0.39, 0.29) is 6.42 Å². The van der Waals surface area contributed by atoms with Crippen LogP contribution < -0.4 is 5.32 Å². The number of amides is 1. The second-order valence-electron chi connectivity index (χ2n) is 5.84. The van der Waals surface area contributed by atoms with Crippen molar-refractivity contribution in [1.29, 1.82) is 0 Å². The van der Waals surface area contributed by atoms with Gasteiger partial charge in [-0.2, -0.15) is 0 Å². The molecule has 0 spiro atoms. The second-order valence-corrected chi connectivity index (χ2v) is 5.84. The summed E-state index contributed by atoms with van der Waals surface area (Å²) in [5.41, 5.74) is 3.42. The van der Waals surface area contributed by atoms with Crippen LogP contribution in [0.25, 0.3) is 0 Å². The topological polar surface area (TPSA) is 86.6 Å². The highest BCUT2D eigenvalue weighted by Crippen LogP contribution is 2.14. The van der Waals surface area contributed by atoms with Crippen molar-refractivity contribution in [2.24, 2.45) is 0 Å². The maximum atomic E-state index is 12.1. The van der Waals surface area contributed by atoms with Gasteiger partial charge in [-0.1, -0.05) is 48.5 Å². The van der Waals surface area contributed by atoms with Crippen molar-refractivity contribution in [3.63, 3.8) is 0 Å². The molecule has 5 heteroatoms. The van der Waals surface area contributed by atoms with Crippen molar-refractivity contribution in [2.75, 3.05) is 0 Å². The summed E-state index contributed by atoms with van der Waals surface area (Å²) in [5, 5.41) is 21.8. The first kappa shape index (κ1) is 17.7. The number of hydrogen-bond donors (Lipinski definition) is 3. The smallest absolute Gasteiger partial charge is 0.326 e. The molecule has 0 fully saturated rings. The van der Waals surface area contributed by atoms with Crippen LogP contribution in [-0.2, 0) is 16.0 Å². The molecule has 2 atom stereocenters. The number of carbonyl (C=O) groups excluding carboxylic acids is 1. The van der Waals surface area contributed by atoms with Gasteiger partial charge in [-0.05, 0) is 36.1 Å². The number of hydrogen-bond acceptors (Lipinski definition) is 3. The Morgan fingerprint density at radius 1 is 1.04 bits per heavy atom. The number of aliphatic carboxylic acids is 1. The number of carboxylic acids is 1. The van der Waals surface area contributed by atoms with Crippen molar-refractivity contribution in [1.82, 2.24) is 5.32 Å². The van der Waals surface area contributed by atoms with Gasteiger partial charge in [0, 0.05) is 6.42 Å². The molecular formula is C19H21NO4. The number of benzene rings is 2. The molecule has 0 saturated heterocycles. The van der Waals surface area contributed by atoms with Crippen molar-refractivity contribution in [3.8, 4) is 0 Å². The molecule has 0 aromatic heterocycles. The van der Waals surface area contributed by atoms with Crippen LogP contribution in [0.5, 0.6) is 0 Å². The molecule has 2 aromatic rings. The van der Waals surface area contributed by atoms with Crippen molar-refractivity contribution >= 4 is 11.9 Å². The van der Waals surface area contributed by atoms with E-state index < -0.39 is 24.0 Å². The van der Waals surface area contributed by atoms with Crippen LogP contribution in [0.2, 0.25) is 0 Å². The lowest BCUT2D eigenvalue weighted by atomic mass is 10.0. The fourth-order valence-electron chi connectivity index (χ4n) is 2.40. The third-order valence-electron chi connectivity index (χ3n) is 3.99. The number of carboxylic acid groups (broad SMARTS) is 1. The van der Waals surface area contributed by atoms with E-state index in [9.17, 15) is 19.8 Å². The maximum absolute atomic E-state index is 12.1. The largest absolute Gasteiger partial charge is 0.480 e. The molecule has 0 bridgehead atoms. The van der Waals surface area contributed by atoms with Crippen LogP contribution in [0.1, 0.15) is 28.4 Å². The van der Waals surface area contributed by atoms with Crippen molar-refractivity contribution < 1.29 is 19.8 Å². The summed E-state index contributed by atoms with van der Waals surface area (Å²) in [6.07, 6.45) is -1.24. The fourth-order valence-corrected chi connectivity index (χ4v) is 2.40. The molecule has 1 amide bonds. The molecule has 0 radical (unpaired) electrons. The molecule has 2 rings (SSSR count). The highest BCUT2D eigenvalue weighted by atomic mass is 16.4. The van der Waals surface area contributed by atoms with Crippen LogP contribution >= 0.6 is 0 Å². The Morgan fingerprint density at radius 3 is 2.29 bits per heavy atom. The molecule has 24 heavy (non-hydrogen) atoms. The molecular weight excluding hydrogens is 306 g/mol. The van der Waals surface area contributed by atoms with E-state index >= 15 is 0 Å². The van der Waals surface area contributed by atoms with Gasteiger partial charge in [0.15, 0.2) is 6.10 Å². The Labute approximate surface area is 141 Å². The molecule has 0 saturated carbocycles. The summed E-state index contributed by atoms with van der Waals surface area (Å²) in [5.74, 6) is -1.86. The minimum absolute atomic E-state index is 0.156. The molecule has 0 heterocycles. The molecule has 126 valence electrons. The van der Waals surface area contributed by atoms with Crippen LogP contribution in [0.3, 0.4) is 0 Å². The summed E-state index contributed by atoms with van der Waals surface area (Å²) in [6, 6.07) is 13.0. The predicted octanol–water partition coefficient (Wildman–Crippen LogP) is 2.15. The third-order valence-corrected chi connectivity index (χ3v) is 3.99. The van der Waals surface area contributed by atoms with E-state index in [1.54, 1.807) is 30.3 Å². The predicted molar refractivity (Wildman–Crippen MR) is 90.6 cm³/mol. The molecule has 5 nitrogen and oxygen atoms in total. The average molecular weight is 327 g/mol. The quantitative estimate of drug-likeness (QED) is 0.759. The lowest BCUT2D eigenvalue weighted by Crippen LogP contribution is -2.44. The summed E-state index contributed by atoms with van der Waals surface area (Å²) >= 11 is 0. The van der Waals surface area contributed by atoms with Gasteiger partial charge in [0.25, 0.3) is 5.91 Å². The molecule has 3 N–H and O–H groups in total. The summed E-state index contributed by atoms with van der Waals surface area (Å²) in [4.78, 5) is 23.6. The van der Waals surface area contributed by atoms with Gasteiger partial charge in [0.2, 0.25) is 0 Å². The summed E-state index contributed by atoms with van der Waals surface area (Å²) < 4.78 is 0. The number of carbonyl (C=O) groups is 2. The van der Waals surface area contributed by atoms with Crippen molar-refractivity contribution in [2.45, 2.75) is 32.4 Å². The molecule has 2 aromatic carbocycles. The average Bonchev–Trinajstić information content (AvgIpc) is 2.57. The zero-order chi connectivity index (χ0) is 17.7. The fraction of sp³-hybridized carbons (Fsp3) is 0.263. The highest BCUT2D eigenvalue weighted by Gasteiger charge is 2.25. The Hall–Kier alpha value is -2.66. The molecule has 0 unspecified atom stereocenters. The monoisotopic (exact) mass is 327 g/mol. The standard InChI is InChI=1S/C19H21NO4/c1-12-8-9-14(10-13(12)2)11-16(19(23)24)20-18(22)17(21)15-6-4-3-5-7-15/h3-10,16-17,21H,11H2,1-2H3,(H,20,22)(H,23,24)/t16-,17-/m0/s1. The number of aliphatic hydroxyl groups is 1. The minimum Gasteiger partial charge on any atom is -0.480 e. The van der Waals surface area contributed by atoms with Gasteiger partial charge in [-0.3, -0.25) is 4.79 Å². The van der Waals surface area contributed by atoms with Gasteiger partial charge in [0.05, 0.1) is 0 Å². The third kappa shape index (κ3) is 4.43. The number of nitrogens with one attached hydrogen (secondary N) is 1. The van der Waals surface area contributed by atoms with Crippen LogP contribution in [0, 0.1) is 13.8 Å². The lowest BCUT2D eigenvalue weighted by molar-refractivity contribution is -0.143. The Morgan fingerprint density at radius 2 is 1.71 bits per heavy atom. The van der Waals surface area contributed by atoms with E-state index in [1.807, 2.05) is 32.0 Å². The Bertz CT molecular complexity index is 727. The minimum atomic E-state index is -1.40. The first-order valence-corrected chi connectivity index (χ1v) is 7.71. The highest BCUT2D eigenvalue weighted by molar-refractivity contribution is 5.87. The number of aryl methyl sites for hydroxylation is 2. The van der Waals surface area contributed by atoms with Crippen LogP contribution in [0.15, 0.2) is 48.5 Å². The molecule has 0 aliphatic heterocycles. The normalized spacial score (nSPS) is 13.1. The summed E-state index contributed by atoms with van der Waals surface area (Å²) in [7, 11) is 0. The van der Waals surface area contributed by atoms with Crippen LogP contribution in [0.4, 0.5) is 0 Å². The zero-order valence-corrected chi connectivity index (χ0v) is 13.7. The molecule has 0 aliphatic carbocycles. The second kappa shape index (κ2) is 7.75. The van der Waals surface area contributed by atoms with E-state index in [4.69, 9.17) is 0 Å². The van der Waals surface area contributed by atoms with E-state index in [2.05, 4.69) is 5.32 Å². The van der Waals surface area contributed by atoms with Gasteiger partial charge in [0.1, 0.15) is 6.04 Å². The maximum Gasteiger partial charge on any atom is 0.326 e. The molecule has 0 aliphatic rings. The van der Waals surface area contributed by atoms with Gasteiger partial charge in [-0.15, -0.1) is 0 Å². The van der Waals surface area contributed by atoms with E-state index in [1.165, 1.54) is 0 Å². The SMILES string of the molecule is Cc1ccc(C[C@H](NC(=O)[C@@H](O)c2ccccc2)C(=O)O)cc1C. The number of aliphatic hydroxyl groups excluding tert-OH is 1. The first-order valence-electron chi connectivity index (χ1n) is 7.71. The van der Waals surface area contributed by atoms with Gasteiger partial charge >= 0.3 is 5.97 Å². The first-order chi connectivity index (χ1) is 11.4. The van der Waals surface area contributed by atoms with Gasteiger partial charge in [-0.25, -0.2) is 4.79 Å². The van der Waals surface area contributed by atoms with Gasteiger partial charge < -0.3 is 15.5 Å².